The highest BCUT2D eigenvalue weighted by Crippen LogP contribution is 2.41. The topological polar surface area (TPSA) is 35.5 Å². The van der Waals surface area contributed by atoms with E-state index >= 15 is 0 Å². The molecule has 1 fully saturated rings. The quantitative estimate of drug-likeness (QED) is 0.577. The van der Waals surface area contributed by atoms with Crippen LogP contribution in [0.15, 0.2) is 0 Å². The van der Waals surface area contributed by atoms with Crippen LogP contribution in [-0.4, -0.2) is 27.0 Å². The third-order valence-corrected chi connectivity index (χ3v) is 8.80. The maximum absolute atomic E-state index is 11.9. The zero-order chi connectivity index (χ0) is 14.0. The van der Waals surface area contributed by atoms with Crippen LogP contribution >= 0.6 is 0 Å². The Morgan fingerprint density at radius 2 is 1.89 bits per heavy atom. The average Bonchev–Trinajstić information content (AvgIpc) is 2.63. The van der Waals surface area contributed by atoms with Gasteiger partial charge in [-0.3, -0.25) is 4.79 Å². The molecule has 1 rings (SSSR count). The summed E-state index contributed by atoms with van der Waals surface area (Å²) in [5, 5.41) is 0.189. The molecule has 1 aliphatic carbocycles. The number of rotatable bonds is 4. The van der Waals surface area contributed by atoms with Crippen molar-refractivity contribution in [1.82, 2.24) is 0 Å². The summed E-state index contributed by atoms with van der Waals surface area (Å²) >= 11 is 0. The lowest BCUT2D eigenvalue weighted by molar-refractivity contribution is -0.150. The highest BCUT2D eigenvalue weighted by Gasteiger charge is 2.43. The number of carbonyl (C=O) groups excluding carboxylic acids is 1. The first-order valence-electron chi connectivity index (χ1n) is 7.03. The van der Waals surface area contributed by atoms with E-state index < -0.39 is 8.32 Å². The van der Waals surface area contributed by atoms with Gasteiger partial charge < -0.3 is 9.16 Å². The molecule has 3 nitrogen and oxygen atoms in total. The molecule has 0 saturated heterocycles. The Bertz CT molecular complexity index is 294. The summed E-state index contributed by atoms with van der Waals surface area (Å²) in [6.45, 7) is 13.5. The Morgan fingerprint density at radius 1 is 1.28 bits per heavy atom. The van der Waals surface area contributed by atoms with Crippen molar-refractivity contribution in [2.75, 3.05) is 6.61 Å². The zero-order valence-corrected chi connectivity index (χ0v) is 13.7. The van der Waals surface area contributed by atoms with Gasteiger partial charge in [0, 0.05) is 0 Å². The first kappa shape index (κ1) is 15.7. The van der Waals surface area contributed by atoms with Crippen molar-refractivity contribution in [3.05, 3.63) is 0 Å². The minimum Gasteiger partial charge on any atom is -0.466 e. The smallest absolute Gasteiger partial charge is 0.311 e. The number of carbonyl (C=O) groups is 1. The maximum Gasteiger partial charge on any atom is 0.311 e. The molecule has 0 aromatic rings. The molecular weight excluding hydrogens is 244 g/mol. The Morgan fingerprint density at radius 3 is 2.39 bits per heavy atom. The third-order valence-electron chi connectivity index (χ3n) is 4.29. The van der Waals surface area contributed by atoms with Crippen LogP contribution in [0.5, 0.6) is 0 Å². The van der Waals surface area contributed by atoms with E-state index in [2.05, 4.69) is 33.9 Å². The van der Waals surface area contributed by atoms with Gasteiger partial charge in [-0.25, -0.2) is 0 Å². The van der Waals surface area contributed by atoms with E-state index in [4.69, 9.17) is 9.16 Å². The Kier molecular flexibility index (Phi) is 5.01. The van der Waals surface area contributed by atoms with Gasteiger partial charge in [0.15, 0.2) is 8.32 Å². The van der Waals surface area contributed by atoms with Crippen molar-refractivity contribution < 1.29 is 14.0 Å². The van der Waals surface area contributed by atoms with Crippen molar-refractivity contribution in [1.29, 1.82) is 0 Å². The molecule has 0 radical (unpaired) electrons. The van der Waals surface area contributed by atoms with Crippen LogP contribution in [0.25, 0.3) is 0 Å². The lowest BCUT2D eigenvalue weighted by Gasteiger charge is -2.39. The van der Waals surface area contributed by atoms with Gasteiger partial charge in [0.25, 0.3) is 0 Å². The second-order valence-corrected chi connectivity index (χ2v) is 11.5. The molecule has 0 amide bonds. The second kappa shape index (κ2) is 5.74. The van der Waals surface area contributed by atoms with Gasteiger partial charge in [-0.2, -0.15) is 0 Å². The molecule has 0 aromatic heterocycles. The van der Waals surface area contributed by atoms with Crippen LogP contribution in [0.3, 0.4) is 0 Å². The fourth-order valence-electron chi connectivity index (χ4n) is 2.14. The number of esters is 1. The molecule has 0 unspecified atom stereocenters. The number of ether oxygens (including phenoxy) is 1. The van der Waals surface area contributed by atoms with Crippen LogP contribution < -0.4 is 0 Å². The Hall–Kier alpha value is -0.353. The summed E-state index contributed by atoms with van der Waals surface area (Å²) in [5.41, 5.74) is 0. The molecule has 0 aliphatic heterocycles. The molecule has 0 spiro atoms. The highest BCUT2D eigenvalue weighted by atomic mass is 28.4. The molecular formula is C14H28O3Si. The van der Waals surface area contributed by atoms with Crippen LogP contribution in [0.4, 0.5) is 0 Å². The van der Waals surface area contributed by atoms with Gasteiger partial charge in [0.1, 0.15) is 0 Å². The lowest BCUT2D eigenvalue weighted by Crippen LogP contribution is -2.45. The van der Waals surface area contributed by atoms with Gasteiger partial charge in [-0.1, -0.05) is 20.8 Å². The minimum absolute atomic E-state index is 0.0425. The summed E-state index contributed by atoms with van der Waals surface area (Å²) in [4.78, 5) is 11.9. The molecule has 1 aliphatic rings. The van der Waals surface area contributed by atoms with Crippen molar-refractivity contribution in [2.45, 2.75) is 71.2 Å². The summed E-state index contributed by atoms with van der Waals surface area (Å²) in [7, 11) is -1.79. The van der Waals surface area contributed by atoms with Crippen LogP contribution in [0.2, 0.25) is 18.1 Å². The number of hydrogen-bond donors (Lipinski definition) is 0. The summed E-state index contributed by atoms with van der Waals surface area (Å²) in [6.07, 6.45) is 3.06. The highest BCUT2D eigenvalue weighted by molar-refractivity contribution is 6.74. The third kappa shape index (κ3) is 3.57. The molecule has 106 valence electrons. The van der Waals surface area contributed by atoms with Crippen LogP contribution in [0.1, 0.15) is 47.0 Å². The number of hydrogen-bond acceptors (Lipinski definition) is 3. The molecule has 18 heavy (non-hydrogen) atoms. The minimum atomic E-state index is -1.79. The van der Waals surface area contributed by atoms with E-state index in [0.717, 1.165) is 19.3 Å². The fourth-order valence-corrected chi connectivity index (χ4v) is 3.53. The zero-order valence-electron chi connectivity index (χ0n) is 12.7. The lowest BCUT2D eigenvalue weighted by atomic mass is 10.1. The molecule has 0 heterocycles. The van der Waals surface area contributed by atoms with Crippen molar-refractivity contribution >= 4 is 14.3 Å². The maximum atomic E-state index is 11.9. The van der Waals surface area contributed by atoms with E-state index in [1.54, 1.807) is 0 Å². The van der Waals surface area contributed by atoms with Crippen molar-refractivity contribution in [2.24, 2.45) is 5.92 Å². The Balaban J connectivity index is 2.69. The summed E-state index contributed by atoms with van der Waals surface area (Å²) < 4.78 is 11.5. The van der Waals surface area contributed by atoms with E-state index in [-0.39, 0.29) is 23.0 Å². The van der Waals surface area contributed by atoms with Crippen LogP contribution in [-0.2, 0) is 14.0 Å². The van der Waals surface area contributed by atoms with E-state index in [0.29, 0.717) is 6.61 Å². The molecule has 4 heteroatoms. The molecule has 1 saturated carbocycles. The normalized spacial score (nSPS) is 25.2. The predicted octanol–water partition coefficient (Wildman–Crippen LogP) is 3.74. The predicted molar refractivity (Wildman–Crippen MR) is 76.0 cm³/mol. The largest absolute Gasteiger partial charge is 0.466 e. The van der Waals surface area contributed by atoms with Gasteiger partial charge in [-0.05, 0) is 44.3 Å². The first-order valence-corrected chi connectivity index (χ1v) is 9.94. The SMILES string of the molecule is CCOC(=O)[C@@H]1CCC[C@H]1O[Si](C)(C)C(C)(C)C. The van der Waals surface area contributed by atoms with E-state index in [9.17, 15) is 4.79 Å². The molecule has 2 atom stereocenters. The summed E-state index contributed by atoms with van der Waals surface area (Å²) in [6, 6.07) is 0. The van der Waals surface area contributed by atoms with Crippen molar-refractivity contribution in [3.63, 3.8) is 0 Å². The van der Waals surface area contributed by atoms with Gasteiger partial charge in [-0.15, -0.1) is 0 Å². The monoisotopic (exact) mass is 272 g/mol. The fraction of sp³-hybridized carbons (Fsp3) is 0.929. The molecule has 0 aromatic carbocycles. The van der Waals surface area contributed by atoms with Crippen molar-refractivity contribution in [3.8, 4) is 0 Å². The van der Waals surface area contributed by atoms with E-state index in [1.165, 1.54) is 0 Å². The summed E-state index contributed by atoms with van der Waals surface area (Å²) in [5.74, 6) is -0.113. The van der Waals surface area contributed by atoms with Gasteiger partial charge >= 0.3 is 5.97 Å². The molecule has 0 N–H and O–H groups in total. The molecule has 0 bridgehead atoms. The van der Waals surface area contributed by atoms with Crippen LogP contribution in [0, 0.1) is 5.92 Å². The van der Waals surface area contributed by atoms with Gasteiger partial charge in [0.05, 0.1) is 18.6 Å². The first-order chi connectivity index (χ1) is 8.19. The average molecular weight is 272 g/mol. The second-order valence-electron chi connectivity index (χ2n) is 6.71. The standard InChI is InChI=1S/C14H28O3Si/c1-7-16-13(15)11-9-8-10-12(11)17-18(5,6)14(2,3)4/h11-12H,7-10H2,1-6H3/t11-,12-/m1/s1. The van der Waals surface area contributed by atoms with Gasteiger partial charge in [0.2, 0.25) is 0 Å². The Labute approximate surface area is 112 Å². The van der Waals surface area contributed by atoms with E-state index in [1.807, 2.05) is 6.92 Å².